The Hall–Kier alpha value is -3.10. The van der Waals surface area contributed by atoms with E-state index in [0.29, 0.717) is 34.0 Å². The van der Waals surface area contributed by atoms with E-state index in [1.807, 2.05) is 24.3 Å². The lowest BCUT2D eigenvalue weighted by atomic mass is 10.1. The molecule has 4 rings (SSSR count). The third-order valence-electron chi connectivity index (χ3n) is 5.55. The van der Waals surface area contributed by atoms with Crippen LogP contribution in [0.15, 0.2) is 48.5 Å². The zero-order chi connectivity index (χ0) is 22.5. The maximum absolute atomic E-state index is 12.9. The predicted molar refractivity (Wildman–Crippen MR) is 128 cm³/mol. The van der Waals surface area contributed by atoms with Crippen LogP contribution >= 0.6 is 11.3 Å². The molecule has 3 N–H and O–H groups in total. The van der Waals surface area contributed by atoms with E-state index >= 15 is 0 Å². The zero-order valence-electron chi connectivity index (χ0n) is 18.3. The quantitative estimate of drug-likeness (QED) is 0.460. The largest absolute Gasteiger partial charge is 0.497 e. The van der Waals surface area contributed by atoms with Gasteiger partial charge in [-0.1, -0.05) is 23.5 Å². The first-order valence-corrected chi connectivity index (χ1v) is 11.5. The molecule has 3 aromatic rings. The number of carbonyl (C=O) groups excluding carboxylic acids is 1. The molecule has 2 aromatic carbocycles. The third kappa shape index (κ3) is 5.20. The van der Waals surface area contributed by atoms with Gasteiger partial charge in [0.1, 0.15) is 28.8 Å². The molecule has 0 radical (unpaired) electrons. The van der Waals surface area contributed by atoms with E-state index in [9.17, 15) is 4.79 Å². The number of hydrogen-bond donors (Lipinski definition) is 2. The van der Waals surface area contributed by atoms with Crippen molar-refractivity contribution in [2.75, 3.05) is 37.9 Å². The summed E-state index contributed by atoms with van der Waals surface area (Å²) in [7, 11) is 1.57. The Bertz CT molecular complexity index is 1060. The third-order valence-corrected chi connectivity index (χ3v) is 6.54. The van der Waals surface area contributed by atoms with Crippen LogP contribution in [-0.2, 0) is 0 Å². The predicted octanol–water partition coefficient (Wildman–Crippen LogP) is 4.57. The standard InChI is InChI=1S/C24H28N4O3S/c1-16(28-12-3-4-13-28)15-31-19-10-8-18(9-11-19)26-24-27-23(25)22(32-24)21(29)17-6-5-7-20(14-17)30-2/h5-11,14,16H,3-4,12-13,15,25H2,1-2H3,(H,26,27)/t16-/m1/s1. The minimum Gasteiger partial charge on any atom is -0.497 e. The van der Waals surface area contributed by atoms with E-state index in [4.69, 9.17) is 15.2 Å². The van der Waals surface area contributed by atoms with Crippen LogP contribution in [0.1, 0.15) is 35.0 Å². The molecule has 1 aliphatic rings. The number of carbonyl (C=O) groups is 1. The lowest BCUT2D eigenvalue weighted by Gasteiger charge is -2.23. The van der Waals surface area contributed by atoms with Crippen molar-refractivity contribution in [3.63, 3.8) is 0 Å². The van der Waals surface area contributed by atoms with Gasteiger partial charge >= 0.3 is 0 Å². The Kier molecular flexibility index (Phi) is 6.92. The van der Waals surface area contributed by atoms with Crippen molar-refractivity contribution in [1.29, 1.82) is 0 Å². The number of aromatic nitrogens is 1. The van der Waals surface area contributed by atoms with Crippen molar-refractivity contribution in [3.8, 4) is 11.5 Å². The molecular formula is C24H28N4O3S. The first kappa shape index (κ1) is 22.1. The molecule has 0 aliphatic carbocycles. The van der Waals surface area contributed by atoms with E-state index in [-0.39, 0.29) is 11.6 Å². The molecule has 0 spiro atoms. The van der Waals surface area contributed by atoms with Crippen LogP contribution < -0.4 is 20.5 Å². The number of nitrogen functional groups attached to an aromatic ring is 1. The Morgan fingerprint density at radius 2 is 1.94 bits per heavy atom. The Labute approximate surface area is 192 Å². The van der Waals surface area contributed by atoms with E-state index < -0.39 is 0 Å². The first-order chi connectivity index (χ1) is 15.5. The summed E-state index contributed by atoms with van der Waals surface area (Å²) in [5, 5.41) is 3.78. The number of methoxy groups -OCH3 is 1. The highest BCUT2D eigenvalue weighted by molar-refractivity contribution is 7.18. The SMILES string of the molecule is COc1cccc(C(=O)c2sc(Nc3ccc(OC[C@@H](C)N4CCCC4)cc3)nc2N)c1. The lowest BCUT2D eigenvalue weighted by molar-refractivity contribution is 0.104. The molecule has 1 atom stereocenters. The van der Waals surface area contributed by atoms with Gasteiger partial charge in [-0.3, -0.25) is 9.69 Å². The molecule has 0 bridgehead atoms. The number of nitrogens with zero attached hydrogens (tertiary/aromatic N) is 2. The smallest absolute Gasteiger partial charge is 0.206 e. The number of nitrogens with one attached hydrogen (secondary N) is 1. The van der Waals surface area contributed by atoms with Gasteiger partial charge in [0, 0.05) is 17.3 Å². The van der Waals surface area contributed by atoms with E-state index in [1.165, 1.54) is 24.2 Å². The summed E-state index contributed by atoms with van der Waals surface area (Å²) in [4.78, 5) is 20.0. The molecule has 7 nitrogen and oxygen atoms in total. The second kappa shape index (κ2) is 10.0. The van der Waals surface area contributed by atoms with E-state index in [0.717, 1.165) is 24.5 Å². The number of anilines is 3. The van der Waals surface area contributed by atoms with Gasteiger partial charge in [-0.05, 0) is 69.3 Å². The number of ether oxygens (including phenoxy) is 2. The average Bonchev–Trinajstić information content (AvgIpc) is 3.48. The highest BCUT2D eigenvalue weighted by atomic mass is 32.1. The fourth-order valence-corrected chi connectivity index (χ4v) is 4.57. The molecule has 32 heavy (non-hydrogen) atoms. The summed E-state index contributed by atoms with van der Waals surface area (Å²) in [6.07, 6.45) is 2.55. The number of hydrogen-bond acceptors (Lipinski definition) is 8. The Morgan fingerprint density at radius 3 is 2.66 bits per heavy atom. The number of thiazole rings is 1. The normalized spacial score (nSPS) is 14.8. The first-order valence-electron chi connectivity index (χ1n) is 10.7. The van der Waals surface area contributed by atoms with Crippen LogP contribution in [0.5, 0.6) is 11.5 Å². The fraction of sp³-hybridized carbons (Fsp3) is 0.333. The monoisotopic (exact) mass is 452 g/mol. The van der Waals surface area contributed by atoms with Gasteiger partial charge in [0.2, 0.25) is 5.78 Å². The van der Waals surface area contributed by atoms with Crippen LogP contribution in [-0.4, -0.2) is 48.5 Å². The zero-order valence-corrected chi connectivity index (χ0v) is 19.2. The molecule has 0 saturated carbocycles. The van der Waals surface area contributed by atoms with Gasteiger partial charge in [0.15, 0.2) is 5.13 Å². The van der Waals surface area contributed by atoms with Gasteiger partial charge in [-0.2, -0.15) is 0 Å². The maximum atomic E-state index is 12.9. The van der Waals surface area contributed by atoms with Crippen LogP contribution in [0.25, 0.3) is 0 Å². The maximum Gasteiger partial charge on any atom is 0.206 e. The van der Waals surface area contributed by atoms with Gasteiger partial charge in [-0.25, -0.2) is 4.98 Å². The number of nitrogens with two attached hydrogens (primary N) is 1. The van der Waals surface area contributed by atoms with Gasteiger partial charge in [0.25, 0.3) is 0 Å². The van der Waals surface area contributed by atoms with Crippen molar-refractivity contribution in [2.45, 2.75) is 25.8 Å². The van der Waals surface area contributed by atoms with Crippen molar-refractivity contribution in [1.82, 2.24) is 9.88 Å². The van der Waals surface area contributed by atoms with E-state index in [1.54, 1.807) is 31.4 Å². The molecule has 1 fully saturated rings. The van der Waals surface area contributed by atoms with Gasteiger partial charge < -0.3 is 20.5 Å². The van der Waals surface area contributed by atoms with E-state index in [2.05, 4.69) is 22.1 Å². The lowest BCUT2D eigenvalue weighted by Crippen LogP contribution is -2.34. The van der Waals surface area contributed by atoms with Gasteiger partial charge in [0.05, 0.1) is 7.11 Å². The Balaban J connectivity index is 1.37. The average molecular weight is 453 g/mol. The number of ketones is 1. The molecule has 1 saturated heterocycles. The van der Waals surface area contributed by atoms with Crippen molar-refractivity contribution in [3.05, 3.63) is 59.0 Å². The van der Waals surface area contributed by atoms with Crippen molar-refractivity contribution >= 4 is 33.8 Å². The summed E-state index contributed by atoms with van der Waals surface area (Å²) < 4.78 is 11.2. The minimum absolute atomic E-state index is 0.178. The summed E-state index contributed by atoms with van der Waals surface area (Å²) in [6, 6.07) is 15.1. The second-order valence-electron chi connectivity index (χ2n) is 7.85. The second-order valence-corrected chi connectivity index (χ2v) is 8.85. The van der Waals surface area contributed by atoms with Crippen LogP contribution in [0.2, 0.25) is 0 Å². The molecule has 0 unspecified atom stereocenters. The summed E-state index contributed by atoms with van der Waals surface area (Å²) in [5.41, 5.74) is 7.39. The molecule has 0 amide bonds. The van der Waals surface area contributed by atoms with Gasteiger partial charge in [-0.15, -0.1) is 0 Å². The molecule has 168 valence electrons. The van der Waals surface area contributed by atoms with Crippen LogP contribution in [0.3, 0.4) is 0 Å². The molecule has 1 aliphatic heterocycles. The topological polar surface area (TPSA) is 89.7 Å². The molecular weight excluding hydrogens is 424 g/mol. The van der Waals surface area contributed by atoms with Crippen LogP contribution in [0, 0.1) is 0 Å². The minimum atomic E-state index is -0.178. The highest BCUT2D eigenvalue weighted by Crippen LogP contribution is 2.31. The molecule has 1 aromatic heterocycles. The summed E-state index contributed by atoms with van der Waals surface area (Å²) in [5.74, 6) is 1.48. The Morgan fingerprint density at radius 1 is 1.19 bits per heavy atom. The number of benzene rings is 2. The molecule has 8 heteroatoms. The summed E-state index contributed by atoms with van der Waals surface area (Å²) >= 11 is 1.23. The number of rotatable bonds is 9. The highest BCUT2D eigenvalue weighted by Gasteiger charge is 2.19. The van der Waals surface area contributed by atoms with Crippen molar-refractivity contribution < 1.29 is 14.3 Å². The number of likely N-dealkylation sites (tertiary alicyclic amines) is 1. The molecule has 2 heterocycles. The summed E-state index contributed by atoms with van der Waals surface area (Å²) in [6.45, 7) is 5.20. The fourth-order valence-electron chi connectivity index (χ4n) is 3.71. The van der Waals surface area contributed by atoms with Crippen LogP contribution in [0.4, 0.5) is 16.6 Å². The van der Waals surface area contributed by atoms with Crippen molar-refractivity contribution in [2.24, 2.45) is 0 Å².